The lowest BCUT2D eigenvalue weighted by atomic mass is 10.1. The fourth-order valence-corrected chi connectivity index (χ4v) is 5.39. The number of carbonyl (C=O) groups is 1. The van der Waals surface area contributed by atoms with Gasteiger partial charge in [-0.3, -0.25) is 14.6 Å². The van der Waals surface area contributed by atoms with Gasteiger partial charge in [-0.15, -0.1) is 12.4 Å². The minimum absolute atomic E-state index is 0. The minimum atomic E-state index is -0.125. The number of thiazole rings is 1. The third-order valence-corrected chi connectivity index (χ3v) is 6.89. The molecule has 1 aliphatic heterocycles. The Kier molecular flexibility index (Phi) is 10.0. The first-order valence-electron chi connectivity index (χ1n) is 11.6. The van der Waals surface area contributed by atoms with Gasteiger partial charge in [0.1, 0.15) is 0 Å². The van der Waals surface area contributed by atoms with Crippen molar-refractivity contribution in [2.75, 3.05) is 57.5 Å². The molecule has 0 atom stereocenters. The van der Waals surface area contributed by atoms with Gasteiger partial charge in [0.05, 0.1) is 36.6 Å². The van der Waals surface area contributed by atoms with E-state index in [1.54, 1.807) is 23.1 Å². The Morgan fingerprint density at radius 3 is 2.57 bits per heavy atom. The molecule has 0 aliphatic carbocycles. The number of benzene rings is 2. The lowest BCUT2D eigenvalue weighted by Crippen LogP contribution is -2.43. The molecule has 0 N–H and O–H groups in total. The van der Waals surface area contributed by atoms with Gasteiger partial charge < -0.3 is 14.2 Å². The Balaban J connectivity index is 0.00000342. The minimum Gasteiger partial charge on any atom is -0.490 e. The van der Waals surface area contributed by atoms with Crippen molar-refractivity contribution in [2.24, 2.45) is 0 Å². The van der Waals surface area contributed by atoms with Crippen molar-refractivity contribution >= 4 is 56.6 Å². The predicted molar refractivity (Wildman–Crippen MR) is 144 cm³/mol. The highest BCUT2D eigenvalue weighted by Crippen LogP contribution is 2.35. The highest BCUT2D eigenvalue weighted by Gasteiger charge is 2.24. The molecule has 0 unspecified atom stereocenters. The largest absolute Gasteiger partial charge is 0.490 e. The van der Waals surface area contributed by atoms with E-state index in [0.29, 0.717) is 60.2 Å². The summed E-state index contributed by atoms with van der Waals surface area (Å²) in [7, 11) is 0. The van der Waals surface area contributed by atoms with Crippen molar-refractivity contribution in [2.45, 2.75) is 20.8 Å². The molecule has 0 saturated carbocycles. The van der Waals surface area contributed by atoms with E-state index >= 15 is 0 Å². The van der Waals surface area contributed by atoms with Crippen LogP contribution in [0, 0.1) is 6.92 Å². The number of anilines is 1. The molecular weight excluding hydrogens is 509 g/mol. The second-order valence-corrected chi connectivity index (χ2v) is 9.45. The Hall–Kier alpha value is -2.10. The quantitative estimate of drug-likeness (QED) is 0.360. The summed E-state index contributed by atoms with van der Waals surface area (Å²) in [6.07, 6.45) is 0. The van der Waals surface area contributed by atoms with Crippen molar-refractivity contribution in [1.82, 2.24) is 9.88 Å². The Morgan fingerprint density at radius 1 is 1.14 bits per heavy atom. The summed E-state index contributed by atoms with van der Waals surface area (Å²) in [5.41, 5.74) is 2.39. The van der Waals surface area contributed by atoms with E-state index in [1.807, 2.05) is 32.9 Å². The van der Waals surface area contributed by atoms with Gasteiger partial charge in [0.25, 0.3) is 5.91 Å². The van der Waals surface area contributed by atoms with E-state index in [4.69, 9.17) is 30.8 Å². The van der Waals surface area contributed by atoms with Crippen LogP contribution in [0.1, 0.15) is 29.8 Å². The van der Waals surface area contributed by atoms with Crippen LogP contribution in [0.4, 0.5) is 5.13 Å². The van der Waals surface area contributed by atoms with Crippen molar-refractivity contribution in [3.63, 3.8) is 0 Å². The van der Waals surface area contributed by atoms with Crippen LogP contribution in [-0.2, 0) is 4.74 Å². The second kappa shape index (κ2) is 12.7. The first kappa shape index (κ1) is 27.5. The maximum atomic E-state index is 13.8. The highest BCUT2D eigenvalue weighted by molar-refractivity contribution is 7.22. The molecule has 35 heavy (non-hydrogen) atoms. The average molecular weight is 541 g/mol. The van der Waals surface area contributed by atoms with E-state index < -0.39 is 0 Å². The Morgan fingerprint density at radius 2 is 1.86 bits per heavy atom. The number of ether oxygens (including phenoxy) is 3. The first-order chi connectivity index (χ1) is 16.5. The van der Waals surface area contributed by atoms with Gasteiger partial charge in [0.2, 0.25) is 0 Å². The molecular formula is C25H31Cl2N3O4S. The number of halogens is 2. The number of aromatic nitrogens is 1. The molecule has 0 spiro atoms. The van der Waals surface area contributed by atoms with Gasteiger partial charge in [-0.1, -0.05) is 22.9 Å². The molecule has 4 rings (SSSR count). The highest BCUT2D eigenvalue weighted by atomic mass is 35.5. The smallest absolute Gasteiger partial charge is 0.260 e. The summed E-state index contributed by atoms with van der Waals surface area (Å²) in [5, 5.41) is 1.32. The maximum Gasteiger partial charge on any atom is 0.260 e. The normalized spacial score (nSPS) is 13.9. The molecule has 10 heteroatoms. The molecule has 0 radical (unpaired) electrons. The molecule has 190 valence electrons. The third-order valence-electron chi connectivity index (χ3n) is 5.65. The molecule has 0 bridgehead atoms. The van der Waals surface area contributed by atoms with E-state index in [0.717, 1.165) is 35.4 Å². The van der Waals surface area contributed by atoms with E-state index in [9.17, 15) is 4.79 Å². The fourth-order valence-electron chi connectivity index (χ4n) is 3.95. The predicted octanol–water partition coefficient (Wildman–Crippen LogP) is 5.46. The van der Waals surface area contributed by atoms with Gasteiger partial charge >= 0.3 is 0 Å². The fraction of sp³-hybridized carbons (Fsp3) is 0.440. The molecule has 2 heterocycles. The van der Waals surface area contributed by atoms with Crippen LogP contribution in [0.25, 0.3) is 10.2 Å². The molecule has 3 aromatic rings. The summed E-state index contributed by atoms with van der Waals surface area (Å²) in [6, 6.07) is 9.14. The summed E-state index contributed by atoms with van der Waals surface area (Å²) in [5.74, 6) is 1.07. The Labute approximate surface area is 221 Å². The van der Waals surface area contributed by atoms with E-state index in [2.05, 4.69) is 4.90 Å². The number of morpholine rings is 1. The van der Waals surface area contributed by atoms with Crippen LogP contribution in [-0.4, -0.2) is 68.4 Å². The van der Waals surface area contributed by atoms with Crippen molar-refractivity contribution in [1.29, 1.82) is 0 Å². The van der Waals surface area contributed by atoms with Crippen molar-refractivity contribution in [3.8, 4) is 11.5 Å². The summed E-state index contributed by atoms with van der Waals surface area (Å²) in [6.45, 7) is 11.2. The van der Waals surface area contributed by atoms with Crippen LogP contribution in [0.2, 0.25) is 5.02 Å². The lowest BCUT2D eigenvalue weighted by Gasteiger charge is -2.29. The summed E-state index contributed by atoms with van der Waals surface area (Å²) in [4.78, 5) is 22.7. The van der Waals surface area contributed by atoms with E-state index in [-0.39, 0.29) is 18.3 Å². The maximum absolute atomic E-state index is 13.8. The number of hydrogen-bond donors (Lipinski definition) is 0. The number of nitrogens with zero attached hydrogens (tertiary/aromatic N) is 3. The first-order valence-corrected chi connectivity index (χ1v) is 12.8. The summed E-state index contributed by atoms with van der Waals surface area (Å²) < 4.78 is 17.9. The van der Waals surface area contributed by atoms with Crippen LogP contribution in [0.5, 0.6) is 11.5 Å². The van der Waals surface area contributed by atoms with Crippen molar-refractivity contribution < 1.29 is 19.0 Å². The van der Waals surface area contributed by atoms with Gasteiger partial charge in [-0.05, 0) is 56.7 Å². The molecule has 1 amide bonds. The molecule has 1 aliphatic rings. The van der Waals surface area contributed by atoms with E-state index in [1.165, 1.54) is 11.3 Å². The molecule has 1 fully saturated rings. The van der Waals surface area contributed by atoms with Gasteiger partial charge in [-0.25, -0.2) is 4.98 Å². The van der Waals surface area contributed by atoms with Crippen LogP contribution >= 0.6 is 35.3 Å². The number of carbonyl (C=O) groups excluding carboxylic acids is 1. The van der Waals surface area contributed by atoms with Crippen LogP contribution < -0.4 is 14.4 Å². The molecule has 1 saturated heterocycles. The number of fused-ring (bicyclic) bond motifs is 1. The number of rotatable bonds is 9. The molecule has 2 aromatic carbocycles. The number of aryl methyl sites for hydroxylation is 1. The zero-order valence-corrected chi connectivity index (χ0v) is 22.6. The Bertz CT molecular complexity index is 1150. The summed E-state index contributed by atoms with van der Waals surface area (Å²) >= 11 is 7.76. The zero-order valence-electron chi connectivity index (χ0n) is 20.2. The SMILES string of the molecule is CCOc1ccc(C(=O)N(CCN2CCOCC2)c2nc3c(C)cc(Cl)cc3s2)cc1OCC.Cl. The zero-order chi connectivity index (χ0) is 24.1. The van der Waals surface area contributed by atoms with Gasteiger partial charge in [0, 0.05) is 36.8 Å². The van der Waals surface area contributed by atoms with Crippen molar-refractivity contribution in [3.05, 3.63) is 46.5 Å². The number of hydrogen-bond acceptors (Lipinski definition) is 7. The topological polar surface area (TPSA) is 64.1 Å². The standard InChI is InChI=1S/C25H30ClN3O4S.ClH/c1-4-32-20-7-6-18(15-21(20)33-5-2)24(30)29(9-8-28-10-12-31-13-11-28)25-27-23-17(3)14-19(26)16-22(23)34-25;/h6-7,14-16H,4-5,8-13H2,1-3H3;1H. The lowest BCUT2D eigenvalue weighted by molar-refractivity contribution is 0.0391. The van der Waals surface area contributed by atoms with Crippen LogP contribution in [0.15, 0.2) is 30.3 Å². The number of amides is 1. The molecule has 7 nitrogen and oxygen atoms in total. The average Bonchev–Trinajstić information content (AvgIpc) is 3.25. The second-order valence-electron chi connectivity index (χ2n) is 8.00. The monoisotopic (exact) mass is 539 g/mol. The van der Waals surface area contributed by atoms with Crippen LogP contribution in [0.3, 0.4) is 0 Å². The molecule has 1 aromatic heterocycles. The third kappa shape index (κ3) is 6.57. The van der Waals surface area contributed by atoms with Gasteiger partial charge in [0.15, 0.2) is 16.6 Å². The van der Waals surface area contributed by atoms with Gasteiger partial charge in [-0.2, -0.15) is 0 Å².